The lowest BCUT2D eigenvalue weighted by Gasteiger charge is -2.16. The van der Waals surface area contributed by atoms with Gasteiger partial charge in [-0.05, 0) is 42.4 Å². The molecule has 0 bridgehead atoms. The van der Waals surface area contributed by atoms with Crippen LogP contribution >= 0.6 is 23.2 Å². The minimum Gasteiger partial charge on any atom is -0.325 e. The molecule has 4 nitrogen and oxygen atoms in total. The monoisotopic (exact) mass is 361 g/mol. The van der Waals surface area contributed by atoms with Gasteiger partial charge in [0.2, 0.25) is 5.91 Å². The van der Waals surface area contributed by atoms with Gasteiger partial charge in [-0.1, -0.05) is 41.4 Å². The number of hydrogen-bond donors (Lipinski definition) is 1. The molecular weight excluding hydrogens is 345 g/mol. The first-order chi connectivity index (χ1) is 11.5. The number of halogens is 2. The number of nitrogens with zero attached hydrogens (tertiary/aromatic N) is 2. The lowest BCUT2D eigenvalue weighted by Crippen LogP contribution is -2.29. The van der Waals surface area contributed by atoms with Crippen LogP contribution in [0.2, 0.25) is 10.0 Å². The number of hydrogen-bond acceptors (Lipinski definition) is 3. The Kier molecular flexibility index (Phi) is 6.62. The predicted octanol–water partition coefficient (Wildman–Crippen LogP) is 4.13. The Morgan fingerprint density at radius 3 is 2.42 bits per heavy atom. The van der Waals surface area contributed by atoms with E-state index in [0.717, 1.165) is 11.1 Å². The third-order valence-corrected chi connectivity index (χ3v) is 4.11. The summed E-state index contributed by atoms with van der Waals surface area (Å²) in [6.45, 7) is 0.839. The quantitative estimate of drug-likeness (QED) is 0.841. The minimum atomic E-state index is -0.106. The van der Waals surface area contributed by atoms with E-state index in [0.29, 0.717) is 28.7 Å². The summed E-state index contributed by atoms with van der Waals surface area (Å²) in [5.41, 5.74) is 2.62. The lowest BCUT2D eigenvalue weighted by molar-refractivity contribution is -0.117. The molecular formula is C18H17Cl2N3O. The van der Waals surface area contributed by atoms with Gasteiger partial charge < -0.3 is 5.32 Å². The van der Waals surface area contributed by atoms with Gasteiger partial charge in [-0.3, -0.25) is 9.69 Å². The molecule has 24 heavy (non-hydrogen) atoms. The molecule has 0 heterocycles. The topological polar surface area (TPSA) is 56.1 Å². The second-order valence-electron chi connectivity index (χ2n) is 5.50. The van der Waals surface area contributed by atoms with Gasteiger partial charge >= 0.3 is 0 Å². The summed E-state index contributed by atoms with van der Waals surface area (Å²) in [4.78, 5) is 14.0. The fraction of sp³-hybridized carbons (Fsp3) is 0.222. The number of rotatable bonds is 6. The Morgan fingerprint density at radius 2 is 1.79 bits per heavy atom. The minimum absolute atomic E-state index is 0.106. The lowest BCUT2D eigenvalue weighted by atomic mass is 10.1. The van der Waals surface area contributed by atoms with Crippen LogP contribution in [0.25, 0.3) is 0 Å². The third-order valence-electron chi connectivity index (χ3n) is 3.37. The summed E-state index contributed by atoms with van der Waals surface area (Å²) in [5.74, 6) is -0.106. The van der Waals surface area contributed by atoms with Crippen molar-refractivity contribution in [2.75, 3.05) is 18.9 Å². The van der Waals surface area contributed by atoms with Gasteiger partial charge in [-0.15, -0.1) is 0 Å². The molecule has 124 valence electrons. The summed E-state index contributed by atoms with van der Waals surface area (Å²) in [6, 6.07) is 14.8. The van der Waals surface area contributed by atoms with E-state index >= 15 is 0 Å². The summed E-state index contributed by atoms with van der Waals surface area (Å²) in [5, 5.41) is 12.5. The van der Waals surface area contributed by atoms with Crippen LogP contribution in [0.3, 0.4) is 0 Å². The van der Waals surface area contributed by atoms with Crippen LogP contribution in [-0.4, -0.2) is 24.4 Å². The summed E-state index contributed by atoms with van der Waals surface area (Å²) in [6.07, 6.45) is 0.362. The zero-order chi connectivity index (χ0) is 17.5. The van der Waals surface area contributed by atoms with E-state index in [1.54, 1.807) is 24.3 Å². The van der Waals surface area contributed by atoms with E-state index in [1.165, 1.54) is 0 Å². The molecule has 0 aliphatic carbocycles. The molecule has 2 aromatic rings. The number of nitrogens with one attached hydrogen (secondary N) is 1. The van der Waals surface area contributed by atoms with E-state index in [9.17, 15) is 4.79 Å². The van der Waals surface area contributed by atoms with Crippen molar-refractivity contribution >= 4 is 34.8 Å². The van der Waals surface area contributed by atoms with Crippen LogP contribution in [0.4, 0.5) is 5.69 Å². The number of carbonyl (C=O) groups excluding carboxylic acids is 1. The van der Waals surface area contributed by atoms with Gasteiger partial charge in [0.1, 0.15) is 0 Å². The van der Waals surface area contributed by atoms with Crippen LogP contribution in [0.5, 0.6) is 0 Å². The third kappa shape index (κ3) is 5.54. The molecule has 0 atom stereocenters. The fourth-order valence-corrected chi connectivity index (χ4v) is 2.57. The van der Waals surface area contributed by atoms with E-state index in [2.05, 4.69) is 11.4 Å². The average molecular weight is 362 g/mol. The van der Waals surface area contributed by atoms with Crippen LogP contribution in [0.15, 0.2) is 42.5 Å². The molecule has 0 unspecified atom stereocenters. The first-order valence-electron chi connectivity index (χ1n) is 7.36. The fourth-order valence-electron chi connectivity index (χ4n) is 2.25. The Balaban J connectivity index is 1.86. The van der Waals surface area contributed by atoms with Gasteiger partial charge in [-0.2, -0.15) is 5.26 Å². The van der Waals surface area contributed by atoms with Crippen molar-refractivity contribution in [2.24, 2.45) is 0 Å². The van der Waals surface area contributed by atoms with Crippen molar-refractivity contribution < 1.29 is 4.79 Å². The Hall–Kier alpha value is -2.06. The van der Waals surface area contributed by atoms with E-state index < -0.39 is 0 Å². The molecule has 1 amide bonds. The molecule has 2 aromatic carbocycles. The first kappa shape index (κ1) is 18.3. The molecule has 0 spiro atoms. The summed E-state index contributed by atoms with van der Waals surface area (Å²) < 4.78 is 0. The van der Waals surface area contributed by atoms with Crippen LogP contribution < -0.4 is 5.32 Å². The second-order valence-corrected chi connectivity index (χ2v) is 6.32. The molecule has 0 aliphatic rings. The van der Waals surface area contributed by atoms with Crippen molar-refractivity contribution in [3.05, 3.63) is 63.6 Å². The number of anilines is 1. The standard InChI is InChI=1S/C18H17Cl2N3O/c1-23(11-14-4-7-16(19)17(20)10-14)12-18(24)22-15-5-2-13(3-6-15)8-9-21/h2-7,10H,8,11-12H2,1H3,(H,22,24). The maximum Gasteiger partial charge on any atom is 0.238 e. The molecule has 0 aliphatic heterocycles. The highest BCUT2D eigenvalue weighted by Gasteiger charge is 2.09. The normalized spacial score (nSPS) is 10.5. The highest BCUT2D eigenvalue weighted by molar-refractivity contribution is 6.42. The highest BCUT2D eigenvalue weighted by Crippen LogP contribution is 2.23. The largest absolute Gasteiger partial charge is 0.325 e. The maximum absolute atomic E-state index is 12.1. The average Bonchev–Trinajstić information content (AvgIpc) is 2.53. The van der Waals surface area contributed by atoms with Crippen molar-refractivity contribution in [3.63, 3.8) is 0 Å². The van der Waals surface area contributed by atoms with Crippen molar-refractivity contribution in [3.8, 4) is 6.07 Å². The van der Waals surface area contributed by atoms with Crippen LogP contribution in [0.1, 0.15) is 11.1 Å². The molecule has 0 radical (unpaired) electrons. The van der Waals surface area contributed by atoms with Gasteiger partial charge in [-0.25, -0.2) is 0 Å². The zero-order valence-electron chi connectivity index (χ0n) is 13.2. The number of benzene rings is 2. The van der Waals surface area contributed by atoms with Gasteiger partial charge in [0.15, 0.2) is 0 Å². The van der Waals surface area contributed by atoms with Crippen molar-refractivity contribution in [1.29, 1.82) is 5.26 Å². The number of nitriles is 1. The molecule has 0 saturated heterocycles. The van der Waals surface area contributed by atoms with Gasteiger partial charge in [0.05, 0.1) is 29.1 Å². The molecule has 6 heteroatoms. The summed E-state index contributed by atoms with van der Waals surface area (Å²) >= 11 is 11.9. The molecule has 0 fully saturated rings. The summed E-state index contributed by atoms with van der Waals surface area (Å²) in [7, 11) is 1.86. The van der Waals surface area contributed by atoms with Gasteiger partial charge in [0, 0.05) is 12.2 Å². The maximum atomic E-state index is 12.1. The predicted molar refractivity (Wildman–Crippen MR) is 97.2 cm³/mol. The van der Waals surface area contributed by atoms with Crippen molar-refractivity contribution in [1.82, 2.24) is 4.90 Å². The molecule has 0 saturated carbocycles. The van der Waals surface area contributed by atoms with E-state index in [4.69, 9.17) is 28.5 Å². The number of carbonyl (C=O) groups is 1. The second kappa shape index (κ2) is 8.70. The smallest absolute Gasteiger partial charge is 0.238 e. The van der Waals surface area contributed by atoms with Gasteiger partial charge in [0.25, 0.3) is 0 Å². The van der Waals surface area contributed by atoms with Crippen molar-refractivity contribution in [2.45, 2.75) is 13.0 Å². The van der Waals surface area contributed by atoms with Crippen LogP contribution in [-0.2, 0) is 17.8 Å². The first-order valence-corrected chi connectivity index (χ1v) is 8.11. The van der Waals surface area contributed by atoms with E-state index in [-0.39, 0.29) is 12.5 Å². The Morgan fingerprint density at radius 1 is 1.12 bits per heavy atom. The number of likely N-dealkylation sites (N-methyl/N-ethyl adjacent to an activating group) is 1. The Bertz CT molecular complexity index is 754. The Labute approximate surface area is 151 Å². The number of amides is 1. The SMILES string of the molecule is CN(CC(=O)Nc1ccc(CC#N)cc1)Cc1ccc(Cl)c(Cl)c1. The molecule has 1 N–H and O–H groups in total. The molecule has 2 rings (SSSR count). The molecule has 0 aromatic heterocycles. The zero-order valence-corrected chi connectivity index (χ0v) is 14.7. The highest BCUT2D eigenvalue weighted by atomic mass is 35.5. The van der Waals surface area contributed by atoms with E-state index in [1.807, 2.05) is 30.1 Å². The van der Waals surface area contributed by atoms with Crippen LogP contribution in [0, 0.1) is 11.3 Å².